The zero-order valence-corrected chi connectivity index (χ0v) is 13.4. The van der Waals surface area contributed by atoms with Crippen molar-refractivity contribution in [1.82, 2.24) is 5.32 Å². The Kier molecular flexibility index (Phi) is 6.52. The highest BCUT2D eigenvalue weighted by Gasteiger charge is 2.10. The van der Waals surface area contributed by atoms with E-state index in [0.717, 1.165) is 22.6 Å². The Hall–Kier alpha value is -0.0600. The lowest BCUT2D eigenvalue weighted by atomic mass is 10.1. The summed E-state index contributed by atoms with van der Waals surface area (Å²) in [6.45, 7) is 2.00. The smallest absolute Gasteiger partial charge is 0.251 e. The van der Waals surface area contributed by atoms with Gasteiger partial charge < -0.3 is 5.32 Å². The molecule has 0 spiro atoms. The van der Waals surface area contributed by atoms with Gasteiger partial charge in [-0.05, 0) is 53.9 Å². The summed E-state index contributed by atoms with van der Waals surface area (Å²) >= 11 is 12.6. The average Bonchev–Trinajstić information content (AvgIpc) is 2.30. The van der Waals surface area contributed by atoms with Gasteiger partial charge in [0.15, 0.2) is 0 Å². The summed E-state index contributed by atoms with van der Waals surface area (Å²) in [6.07, 6.45) is 2.00. The van der Waals surface area contributed by atoms with Gasteiger partial charge in [0.2, 0.25) is 0 Å². The third-order valence-corrected chi connectivity index (χ3v) is 4.12. The van der Waals surface area contributed by atoms with E-state index >= 15 is 0 Å². The van der Waals surface area contributed by atoms with Crippen molar-refractivity contribution in [3.63, 3.8) is 0 Å². The fourth-order valence-electron chi connectivity index (χ4n) is 1.40. The van der Waals surface area contributed by atoms with Crippen molar-refractivity contribution in [2.24, 2.45) is 0 Å². The van der Waals surface area contributed by atoms with Crippen molar-refractivity contribution in [1.29, 1.82) is 0 Å². The summed E-state index contributed by atoms with van der Waals surface area (Å²) in [5.74, 6) is -0.0820. The van der Waals surface area contributed by atoms with Gasteiger partial charge in [0.1, 0.15) is 0 Å². The molecule has 1 N–H and O–H groups in total. The first-order chi connectivity index (χ1) is 8.04. The first-order valence-corrected chi connectivity index (χ1v) is 7.65. The van der Waals surface area contributed by atoms with Crippen molar-refractivity contribution >= 4 is 49.4 Å². The van der Waals surface area contributed by atoms with Crippen LogP contribution in [-0.4, -0.2) is 17.3 Å². The van der Waals surface area contributed by atoms with Crippen molar-refractivity contribution in [3.05, 3.63) is 33.3 Å². The summed E-state index contributed by atoms with van der Waals surface area (Å²) in [7, 11) is 0. The maximum atomic E-state index is 11.9. The van der Waals surface area contributed by atoms with E-state index in [1.807, 2.05) is 6.92 Å². The van der Waals surface area contributed by atoms with Crippen LogP contribution in [0.2, 0.25) is 5.02 Å². The molecule has 0 bridgehead atoms. The van der Waals surface area contributed by atoms with Gasteiger partial charge in [0.05, 0.1) is 5.02 Å². The van der Waals surface area contributed by atoms with Crippen LogP contribution in [0.1, 0.15) is 30.1 Å². The van der Waals surface area contributed by atoms with Gasteiger partial charge in [0, 0.05) is 21.4 Å². The van der Waals surface area contributed by atoms with E-state index in [-0.39, 0.29) is 11.9 Å². The van der Waals surface area contributed by atoms with E-state index in [0.29, 0.717) is 10.6 Å². The molecule has 0 radical (unpaired) electrons. The fourth-order valence-corrected chi connectivity index (χ4v) is 2.15. The highest BCUT2D eigenvalue weighted by molar-refractivity contribution is 9.10. The molecule has 0 saturated carbocycles. The van der Waals surface area contributed by atoms with Crippen LogP contribution in [-0.2, 0) is 0 Å². The first kappa shape index (κ1) is 15.0. The van der Waals surface area contributed by atoms with E-state index in [1.54, 1.807) is 18.2 Å². The third kappa shape index (κ3) is 4.98. The molecule has 17 heavy (non-hydrogen) atoms. The maximum absolute atomic E-state index is 11.9. The Morgan fingerprint density at radius 3 is 2.82 bits per heavy atom. The normalized spacial score (nSPS) is 12.2. The van der Waals surface area contributed by atoms with Crippen LogP contribution in [0.15, 0.2) is 22.7 Å². The topological polar surface area (TPSA) is 29.1 Å². The fraction of sp³-hybridized carbons (Fsp3) is 0.417. The number of carbonyl (C=O) groups excluding carboxylic acids is 1. The number of rotatable bonds is 5. The van der Waals surface area contributed by atoms with Gasteiger partial charge in [-0.25, -0.2) is 0 Å². The van der Waals surface area contributed by atoms with E-state index in [9.17, 15) is 4.79 Å². The van der Waals surface area contributed by atoms with Gasteiger partial charge in [-0.1, -0.05) is 27.5 Å². The number of amides is 1. The highest BCUT2D eigenvalue weighted by Crippen LogP contribution is 2.23. The van der Waals surface area contributed by atoms with Crippen molar-refractivity contribution in [2.45, 2.75) is 25.8 Å². The van der Waals surface area contributed by atoms with E-state index in [2.05, 4.69) is 37.2 Å². The van der Waals surface area contributed by atoms with Crippen LogP contribution in [0.4, 0.5) is 0 Å². The lowest BCUT2D eigenvalue weighted by Gasteiger charge is -2.13. The second kappa shape index (κ2) is 7.39. The second-order valence-electron chi connectivity index (χ2n) is 3.83. The lowest BCUT2D eigenvalue weighted by Crippen LogP contribution is -2.32. The molecular weight excluding hydrogens is 369 g/mol. The van der Waals surface area contributed by atoms with Gasteiger partial charge in [-0.2, -0.15) is 0 Å². The molecule has 0 fully saturated rings. The molecule has 1 atom stereocenters. The Morgan fingerprint density at radius 1 is 1.53 bits per heavy atom. The molecule has 5 heteroatoms. The van der Waals surface area contributed by atoms with E-state index < -0.39 is 0 Å². The Balaban J connectivity index is 2.60. The molecule has 1 rings (SSSR count). The number of carbonyl (C=O) groups is 1. The molecular formula is C12H14Br2ClNO. The molecule has 0 aromatic heterocycles. The van der Waals surface area contributed by atoms with Crippen LogP contribution in [0.25, 0.3) is 0 Å². The summed E-state index contributed by atoms with van der Waals surface area (Å²) in [5, 5.41) is 4.45. The average molecular weight is 384 g/mol. The van der Waals surface area contributed by atoms with Crippen LogP contribution in [0.5, 0.6) is 0 Å². The Morgan fingerprint density at radius 2 is 2.24 bits per heavy atom. The molecule has 0 aliphatic heterocycles. The number of halogens is 3. The zero-order valence-electron chi connectivity index (χ0n) is 9.47. The second-order valence-corrected chi connectivity index (χ2v) is 5.89. The van der Waals surface area contributed by atoms with Crippen LogP contribution in [0, 0.1) is 0 Å². The Bertz CT molecular complexity index is 398. The van der Waals surface area contributed by atoms with Crippen LogP contribution < -0.4 is 5.32 Å². The van der Waals surface area contributed by atoms with Crippen molar-refractivity contribution in [3.8, 4) is 0 Å². The summed E-state index contributed by atoms with van der Waals surface area (Å²) in [6, 6.07) is 5.36. The van der Waals surface area contributed by atoms with E-state index in [1.165, 1.54) is 0 Å². The predicted molar refractivity (Wildman–Crippen MR) is 79.1 cm³/mol. The van der Waals surface area contributed by atoms with Gasteiger partial charge in [0.25, 0.3) is 5.91 Å². The molecule has 0 aliphatic rings. The Labute approximate surface area is 123 Å². The zero-order chi connectivity index (χ0) is 12.8. The molecule has 1 unspecified atom stereocenters. The molecule has 0 aliphatic carbocycles. The number of hydrogen-bond acceptors (Lipinski definition) is 1. The lowest BCUT2D eigenvalue weighted by molar-refractivity contribution is 0.0938. The third-order valence-electron chi connectivity index (χ3n) is 2.33. The van der Waals surface area contributed by atoms with E-state index in [4.69, 9.17) is 11.6 Å². The maximum Gasteiger partial charge on any atom is 0.251 e. The van der Waals surface area contributed by atoms with Crippen LogP contribution >= 0.6 is 43.5 Å². The summed E-state index contributed by atoms with van der Waals surface area (Å²) in [5.41, 5.74) is 0.587. The summed E-state index contributed by atoms with van der Waals surface area (Å²) < 4.78 is 0.794. The minimum atomic E-state index is -0.0820. The molecule has 1 amide bonds. The SMILES string of the molecule is CC(CCCBr)NC(=O)c1ccc(Br)c(Cl)c1. The molecule has 94 valence electrons. The minimum absolute atomic E-state index is 0.0820. The largest absolute Gasteiger partial charge is 0.350 e. The van der Waals surface area contributed by atoms with Crippen molar-refractivity contribution in [2.75, 3.05) is 5.33 Å². The predicted octanol–water partition coefficient (Wildman–Crippen LogP) is 4.40. The number of alkyl halides is 1. The van der Waals surface area contributed by atoms with Crippen molar-refractivity contribution < 1.29 is 4.79 Å². The highest BCUT2D eigenvalue weighted by atomic mass is 79.9. The number of nitrogens with one attached hydrogen (secondary N) is 1. The molecule has 1 aromatic carbocycles. The van der Waals surface area contributed by atoms with Gasteiger partial charge in [-0.15, -0.1) is 0 Å². The van der Waals surface area contributed by atoms with Gasteiger partial charge >= 0.3 is 0 Å². The quantitative estimate of drug-likeness (QED) is 0.751. The van der Waals surface area contributed by atoms with Crippen LogP contribution in [0.3, 0.4) is 0 Å². The number of hydrogen-bond donors (Lipinski definition) is 1. The first-order valence-electron chi connectivity index (χ1n) is 5.36. The van der Waals surface area contributed by atoms with Gasteiger partial charge in [-0.3, -0.25) is 4.79 Å². The summed E-state index contributed by atoms with van der Waals surface area (Å²) in [4.78, 5) is 11.9. The standard InChI is InChI=1S/C12H14Br2ClNO/c1-8(3-2-6-13)16-12(17)9-4-5-10(14)11(15)7-9/h4-5,7-8H,2-3,6H2,1H3,(H,16,17). The molecule has 1 aromatic rings. The molecule has 2 nitrogen and oxygen atoms in total. The minimum Gasteiger partial charge on any atom is -0.350 e. The monoisotopic (exact) mass is 381 g/mol. The molecule has 0 saturated heterocycles. The number of benzene rings is 1. The molecule has 0 heterocycles.